The fraction of sp³-hybridized carbons (Fsp3) is 0.394. The lowest BCUT2D eigenvalue weighted by Crippen LogP contribution is -2.59. The minimum atomic E-state index is -4.25. The SMILES string of the molecule is COP(=O)(N[C@H](CNC(=O)CN1C(=O)C=CC1=O)C(=O)N[C@H](C(=O)N[C@@H](CCCNC(N)=O)C(=O)Nc1ccc(Cc2cc([N+](=O)[O-])ccc2OC(=O)Oc2ccc([N+](=O)[O-])cc2Cc2ccc(NC(=O)[C@H](CCCNC(N)=O)NC(=O)[C@@H](NC(=O)[C@@H](CNC(=O)CN3C(=O)C=CC3=O)NP(=O)(OC)OC)C(C)C)cc2)cc1)C(C)C)OC. The van der Waals surface area contributed by atoms with Crippen LogP contribution in [-0.4, -0.2) is 213 Å². The molecule has 0 fully saturated rings. The normalized spacial score (nSPS) is 14.1. The van der Waals surface area contributed by atoms with E-state index < -0.39 is 200 Å². The summed E-state index contributed by atoms with van der Waals surface area (Å²) in [4.78, 5) is 219. The summed E-state index contributed by atoms with van der Waals surface area (Å²) in [6.07, 6.45) is 1.97. The van der Waals surface area contributed by atoms with E-state index in [1.165, 1.54) is 48.5 Å². The van der Waals surface area contributed by atoms with E-state index in [1.807, 2.05) is 0 Å². The van der Waals surface area contributed by atoms with Crippen LogP contribution >= 0.6 is 15.5 Å². The number of nitrogens with one attached hydrogen (secondary N) is 12. The Morgan fingerprint density at radius 2 is 0.780 bits per heavy atom. The molecule has 0 radical (unpaired) electrons. The van der Waals surface area contributed by atoms with E-state index >= 15 is 0 Å². The van der Waals surface area contributed by atoms with Crippen molar-refractivity contribution in [1.29, 1.82) is 0 Å². The Hall–Kier alpha value is -12.8. The fourth-order valence-electron chi connectivity index (χ4n) is 11.2. The molecule has 2 aliphatic rings. The van der Waals surface area contributed by atoms with Crippen LogP contribution in [-0.2, 0) is 97.6 Å². The number of benzene rings is 4. The lowest BCUT2D eigenvalue weighted by Gasteiger charge is -2.28. The summed E-state index contributed by atoms with van der Waals surface area (Å²) in [6.45, 7) is 3.32. The molecule has 2 aliphatic heterocycles. The third kappa shape index (κ3) is 28.9. The summed E-state index contributed by atoms with van der Waals surface area (Å²) >= 11 is 0. The van der Waals surface area contributed by atoms with Crippen LogP contribution in [0.3, 0.4) is 0 Å². The molecule has 6 rings (SSSR count). The molecule has 6 atom stereocenters. The first-order valence-corrected chi connectivity index (χ1v) is 39.0. The number of nitrogens with two attached hydrogens (primary N) is 2. The largest absolute Gasteiger partial charge is 0.519 e. The zero-order valence-corrected chi connectivity index (χ0v) is 66.6. The molecule has 4 aromatic carbocycles. The summed E-state index contributed by atoms with van der Waals surface area (Å²) < 4.78 is 57.4. The van der Waals surface area contributed by atoms with Crippen molar-refractivity contribution in [2.45, 2.75) is 102 Å². The number of rotatable bonds is 46. The lowest BCUT2D eigenvalue weighted by atomic mass is 10.0. The van der Waals surface area contributed by atoms with Crippen molar-refractivity contribution in [3.63, 3.8) is 0 Å². The maximum atomic E-state index is 14.2. The number of urea groups is 2. The highest BCUT2D eigenvalue weighted by Crippen LogP contribution is 2.43. The summed E-state index contributed by atoms with van der Waals surface area (Å²) in [5.74, 6) is -12.3. The van der Waals surface area contributed by atoms with Gasteiger partial charge in [0.25, 0.3) is 35.0 Å². The highest BCUT2D eigenvalue weighted by atomic mass is 31.2. The molecule has 0 saturated heterocycles. The highest BCUT2D eigenvalue weighted by molar-refractivity contribution is 7.52. The molecule has 16 N–H and O–H groups in total. The van der Waals surface area contributed by atoms with Crippen LogP contribution in [0.2, 0.25) is 0 Å². The monoisotopic (exact) mass is 1690 g/mol. The number of amides is 16. The first kappa shape index (κ1) is 94.1. The molecule has 0 unspecified atom stereocenters. The van der Waals surface area contributed by atoms with Crippen molar-refractivity contribution in [1.82, 2.24) is 62.5 Å². The van der Waals surface area contributed by atoms with Crippen LogP contribution < -0.4 is 84.3 Å². The van der Waals surface area contributed by atoms with Crippen molar-refractivity contribution in [3.05, 3.63) is 152 Å². The van der Waals surface area contributed by atoms with Gasteiger partial charge in [0.2, 0.25) is 47.3 Å². The molecular weight excluding hydrogens is 1600 g/mol. The quantitative estimate of drug-likeness (QED) is 0.00560. The Labute approximate surface area is 673 Å². The van der Waals surface area contributed by atoms with Crippen molar-refractivity contribution in [3.8, 4) is 11.5 Å². The van der Waals surface area contributed by atoms with E-state index in [0.29, 0.717) is 20.9 Å². The molecule has 118 heavy (non-hydrogen) atoms. The third-order valence-electron chi connectivity index (χ3n) is 17.5. The van der Waals surface area contributed by atoms with Crippen molar-refractivity contribution >= 4 is 127 Å². The standard InChI is InChI=1S/C71H90N18O27P2/c1-39(2)61(82-65(98)51(84-117(109,111-5)112-6)35-76-55(90)37-86-57(92)25-26-58(86)93)67(100)80-49(11-9-29-74-69(72)102)63(96)78-45-17-13-41(14-18-45)31-43-33-47(88(105)106)21-23-53(43)115-71(104)116-54-24-22-48(89(107)108)34-44(54)32-42-15-19-46(20-16-42)79-64(97)50(12-10-30-75-70(73)103)81-68(101)62(40(3)4)83-66(99)52(85-118(110,113-7)114-8)36-77-56(91)38-87-59(94)27-28-60(87)95/h13-28,33-34,39-40,49-52,61-62H,9-12,29-32,35-38H2,1-8H3,(H,76,90)(H,77,91)(H,78,96)(H,79,97)(H,80,100)(H,81,101)(H,82,98)(H,83,99)(H,84,109)(H,85,110)(H3,72,74,102)(H3,73,75,103)/t49-,50-,51+,52+,61-,62-/m0/s1. The molecule has 0 bridgehead atoms. The van der Waals surface area contributed by atoms with Crippen LogP contribution in [0.5, 0.6) is 11.5 Å². The minimum Gasteiger partial charge on any atom is -0.394 e. The molecule has 4 aromatic rings. The predicted molar refractivity (Wildman–Crippen MR) is 414 cm³/mol. The summed E-state index contributed by atoms with van der Waals surface area (Å²) in [7, 11) is -4.50. The number of anilines is 2. The van der Waals surface area contributed by atoms with E-state index in [9.17, 15) is 101 Å². The Bertz CT molecular complexity index is 4290. The van der Waals surface area contributed by atoms with E-state index in [4.69, 9.17) is 39.0 Å². The van der Waals surface area contributed by atoms with E-state index in [2.05, 4.69) is 63.3 Å². The van der Waals surface area contributed by atoms with Crippen LogP contribution in [0.25, 0.3) is 0 Å². The smallest absolute Gasteiger partial charge is 0.394 e. The number of non-ortho nitro benzene ring substituents is 2. The van der Waals surface area contributed by atoms with Gasteiger partial charge in [-0.25, -0.2) is 33.7 Å². The number of ether oxygens (including phenoxy) is 2. The van der Waals surface area contributed by atoms with Crippen LogP contribution in [0.4, 0.5) is 37.1 Å². The summed E-state index contributed by atoms with van der Waals surface area (Å²) in [5, 5.41) is 54.0. The van der Waals surface area contributed by atoms with Gasteiger partial charge in [-0.05, 0) is 85.0 Å². The van der Waals surface area contributed by atoms with Gasteiger partial charge in [-0.2, -0.15) is 0 Å². The van der Waals surface area contributed by atoms with Crippen molar-refractivity contribution < 1.29 is 118 Å². The molecule has 636 valence electrons. The maximum absolute atomic E-state index is 14.2. The van der Waals surface area contributed by atoms with Crippen LogP contribution in [0.1, 0.15) is 75.6 Å². The van der Waals surface area contributed by atoms with Gasteiger partial charge in [-0.1, -0.05) is 52.0 Å². The van der Waals surface area contributed by atoms with E-state index in [-0.39, 0.29) is 85.6 Å². The first-order chi connectivity index (χ1) is 55.8. The molecule has 0 aromatic heterocycles. The molecule has 0 saturated carbocycles. The van der Waals surface area contributed by atoms with E-state index in [1.54, 1.807) is 27.7 Å². The lowest BCUT2D eigenvalue weighted by molar-refractivity contribution is -0.385. The molecule has 0 aliphatic carbocycles. The Balaban J connectivity index is 1.14. The Kier molecular flexibility index (Phi) is 35.4. The highest BCUT2D eigenvalue weighted by Gasteiger charge is 2.39. The Morgan fingerprint density at radius 3 is 1.08 bits per heavy atom. The number of carbonyl (C=O) groups excluding carboxylic acids is 15. The first-order valence-electron chi connectivity index (χ1n) is 35.9. The third-order valence-corrected chi connectivity index (χ3v) is 20.6. The minimum absolute atomic E-state index is 0.0461. The second-order valence-electron chi connectivity index (χ2n) is 26.6. The number of nitro benzene ring substituents is 2. The summed E-state index contributed by atoms with van der Waals surface area (Å²) in [5.41, 5.74) is 10.9. The average molecular weight is 1690 g/mol. The fourth-order valence-corrected chi connectivity index (χ4v) is 13.1. The predicted octanol–water partition coefficient (Wildman–Crippen LogP) is 1.09. The molecular formula is C71H90N18O27P2. The number of hydrogen-bond donors (Lipinski definition) is 14. The van der Waals surface area contributed by atoms with E-state index in [0.717, 1.165) is 89.1 Å². The molecule has 47 heteroatoms. The molecule has 0 spiro atoms. The topological polar surface area (TPSA) is 635 Å². The molecule has 2 heterocycles. The van der Waals surface area contributed by atoms with Gasteiger partial charge in [-0.15, -0.1) is 0 Å². The number of primary amides is 2. The van der Waals surface area contributed by atoms with Gasteiger partial charge in [-0.3, -0.25) is 87.6 Å². The second kappa shape index (κ2) is 44.4. The maximum Gasteiger partial charge on any atom is 0.519 e. The zero-order chi connectivity index (χ0) is 87.3. The van der Waals surface area contributed by atoms with Gasteiger partial charge in [0.05, 0.1) is 9.85 Å². The van der Waals surface area contributed by atoms with Crippen LogP contribution in [0, 0.1) is 32.1 Å². The number of hydrogen-bond acceptors (Lipinski definition) is 27. The van der Waals surface area contributed by atoms with Gasteiger partial charge in [0.1, 0.15) is 60.8 Å². The average Bonchev–Trinajstić information content (AvgIpc) is 1.08. The van der Waals surface area contributed by atoms with Crippen molar-refractivity contribution in [2.75, 3.05) is 78.3 Å². The van der Waals surface area contributed by atoms with Gasteiger partial charge < -0.3 is 92.2 Å². The number of imide groups is 2. The zero-order valence-electron chi connectivity index (χ0n) is 64.9. The number of carbonyl (C=O) groups is 15. The van der Waals surface area contributed by atoms with Gasteiger partial charge >= 0.3 is 33.7 Å². The number of nitro groups is 2. The molecule has 45 nitrogen and oxygen atoms in total. The van der Waals surface area contributed by atoms with Crippen molar-refractivity contribution in [2.24, 2.45) is 23.3 Å². The van der Waals surface area contributed by atoms with Gasteiger partial charge in [0.15, 0.2) is 0 Å². The van der Waals surface area contributed by atoms with Crippen LogP contribution in [0.15, 0.2) is 109 Å². The second-order valence-corrected chi connectivity index (χ2v) is 30.6. The Morgan fingerprint density at radius 1 is 0.449 bits per heavy atom. The van der Waals surface area contributed by atoms with Gasteiger partial charge in [0, 0.05) is 139 Å². The summed E-state index contributed by atoms with van der Waals surface area (Å²) in [6, 6.07) is 7.67. The molecule has 16 amide bonds. The number of nitrogens with zero attached hydrogens (tertiary/aromatic N) is 4.